The Morgan fingerprint density at radius 3 is 2.42 bits per heavy atom. The normalized spacial score (nSPS) is 17.5. The van der Waals surface area contributed by atoms with E-state index in [1.54, 1.807) is 0 Å². The molecule has 1 saturated carbocycles. The Labute approximate surface area is 115 Å². The Hall–Kier alpha value is -0.870. The Morgan fingerprint density at radius 2 is 1.95 bits per heavy atom. The van der Waals surface area contributed by atoms with Crippen molar-refractivity contribution in [3.63, 3.8) is 0 Å². The lowest BCUT2D eigenvalue weighted by Crippen LogP contribution is -2.39. The molecule has 1 aromatic rings. The molecule has 0 radical (unpaired) electrons. The summed E-state index contributed by atoms with van der Waals surface area (Å²) >= 11 is 0. The molecule has 0 amide bonds. The molecule has 4 nitrogen and oxygen atoms in total. The first-order valence-corrected chi connectivity index (χ1v) is 7.37. The van der Waals surface area contributed by atoms with Crippen LogP contribution in [0.4, 0.5) is 0 Å². The summed E-state index contributed by atoms with van der Waals surface area (Å²) in [7, 11) is 0. The lowest BCUT2D eigenvalue weighted by molar-refractivity contribution is 0.00484. The third-order valence-corrected chi connectivity index (χ3v) is 4.58. The average Bonchev–Trinajstić information content (AvgIpc) is 3.07. The van der Waals surface area contributed by atoms with E-state index in [1.807, 2.05) is 16.9 Å². The maximum absolute atomic E-state index is 9.82. The quantitative estimate of drug-likeness (QED) is 0.829. The SMILES string of the molecule is CC(C)n1ccc(CC(CO)(CO)C2CCCC2)n1. The first kappa shape index (κ1) is 14.5. The highest BCUT2D eigenvalue weighted by Crippen LogP contribution is 2.41. The van der Waals surface area contributed by atoms with Crippen LogP contribution in [0.15, 0.2) is 12.3 Å². The van der Waals surface area contributed by atoms with Crippen LogP contribution in [0.1, 0.15) is 51.3 Å². The van der Waals surface area contributed by atoms with Gasteiger partial charge in [0.05, 0.1) is 18.9 Å². The number of hydrogen-bond donors (Lipinski definition) is 2. The van der Waals surface area contributed by atoms with Gasteiger partial charge in [0.1, 0.15) is 0 Å². The van der Waals surface area contributed by atoms with Crippen LogP contribution in [-0.4, -0.2) is 33.2 Å². The second kappa shape index (κ2) is 6.06. The Morgan fingerprint density at radius 1 is 1.32 bits per heavy atom. The second-order valence-corrected chi connectivity index (χ2v) is 6.22. The lowest BCUT2D eigenvalue weighted by Gasteiger charge is -2.35. The summed E-state index contributed by atoms with van der Waals surface area (Å²) in [5.41, 5.74) is 0.579. The minimum absolute atomic E-state index is 0.0444. The standard InChI is InChI=1S/C15H26N2O2/c1-12(2)17-8-7-14(16-17)9-15(10-18,11-19)13-5-3-4-6-13/h7-8,12-13,18-19H,3-6,9-11H2,1-2H3. The van der Waals surface area contributed by atoms with E-state index >= 15 is 0 Å². The van der Waals surface area contributed by atoms with Gasteiger partial charge in [0, 0.05) is 24.1 Å². The van der Waals surface area contributed by atoms with E-state index in [0.717, 1.165) is 18.5 Å². The van der Waals surface area contributed by atoms with Crippen molar-refractivity contribution in [2.45, 2.75) is 52.0 Å². The molecule has 0 saturated heterocycles. The molecule has 2 rings (SSSR count). The largest absolute Gasteiger partial charge is 0.396 e. The van der Waals surface area contributed by atoms with E-state index in [9.17, 15) is 10.2 Å². The zero-order valence-electron chi connectivity index (χ0n) is 12.0. The zero-order valence-corrected chi connectivity index (χ0v) is 12.0. The maximum atomic E-state index is 9.82. The summed E-state index contributed by atoms with van der Waals surface area (Å²) in [6.45, 7) is 4.28. The highest BCUT2D eigenvalue weighted by molar-refractivity contribution is 5.06. The highest BCUT2D eigenvalue weighted by Gasteiger charge is 2.39. The van der Waals surface area contributed by atoms with Gasteiger partial charge in [-0.2, -0.15) is 5.10 Å². The number of aliphatic hydroxyl groups excluding tert-OH is 2. The maximum Gasteiger partial charge on any atom is 0.0632 e. The van der Waals surface area contributed by atoms with Crippen molar-refractivity contribution >= 4 is 0 Å². The molecule has 0 spiro atoms. The van der Waals surface area contributed by atoms with Gasteiger partial charge < -0.3 is 10.2 Å². The van der Waals surface area contributed by atoms with Crippen molar-refractivity contribution in [1.29, 1.82) is 0 Å². The van der Waals surface area contributed by atoms with Crippen molar-refractivity contribution in [2.75, 3.05) is 13.2 Å². The monoisotopic (exact) mass is 266 g/mol. The summed E-state index contributed by atoms with van der Waals surface area (Å²) in [4.78, 5) is 0. The van der Waals surface area contributed by atoms with Gasteiger partial charge in [0.2, 0.25) is 0 Å². The number of aromatic nitrogens is 2. The van der Waals surface area contributed by atoms with Crippen LogP contribution >= 0.6 is 0 Å². The minimum atomic E-state index is -0.396. The summed E-state index contributed by atoms with van der Waals surface area (Å²) < 4.78 is 1.93. The van der Waals surface area contributed by atoms with Crippen LogP contribution in [0.3, 0.4) is 0 Å². The summed E-state index contributed by atoms with van der Waals surface area (Å²) in [5, 5.41) is 24.2. The fourth-order valence-electron chi connectivity index (χ4n) is 3.22. The van der Waals surface area contributed by atoms with Crippen LogP contribution in [0.2, 0.25) is 0 Å². The molecule has 0 aliphatic heterocycles. The smallest absolute Gasteiger partial charge is 0.0632 e. The summed E-state index contributed by atoms with van der Waals surface area (Å²) in [5.74, 6) is 0.423. The summed E-state index contributed by atoms with van der Waals surface area (Å²) in [6, 6.07) is 2.35. The molecule has 0 aromatic carbocycles. The number of nitrogens with zero attached hydrogens (tertiary/aromatic N) is 2. The predicted octanol–water partition coefficient (Wildman–Crippen LogP) is 2.17. The molecule has 1 heterocycles. The van der Waals surface area contributed by atoms with Crippen molar-refractivity contribution in [3.8, 4) is 0 Å². The number of hydrogen-bond acceptors (Lipinski definition) is 3. The molecular formula is C15H26N2O2. The number of rotatable bonds is 6. The molecule has 1 fully saturated rings. The average molecular weight is 266 g/mol. The van der Waals surface area contributed by atoms with Crippen LogP contribution in [0.5, 0.6) is 0 Å². The molecule has 19 heavy (non-hydrogen) atoms. The zero-order chi connectivity index (χ0) is 13.9. The third kappa shape index (κ3) is 3.00. The topological polar surface area (TPSA) is 58.3 Å². The van der Waals surface area contributed by atoms with Gasteiger partial charge in [-0.25, -0.2) is 0 Å². The van der Waals surface area contributed by atoms with E-state index in [0.29, 0.717) is 18.4 Å². The van der Waals surface area contributed by atoms with E-state index < -0.39 is 5.41 Å². The lowest BCUT2D eigenvalue weighted by atomic mass is 9.72. The molecule has 0 bridgehead atoms. The molecule has 1 aromatic heterocycles. The fourth-order valence-corrected chi connectivity index (χ4v) is 3.22. The molecule has 1 aliphatic carbocycles. The Bertz CT molecular complexity index is 391. The molecule has 108 valence electrons. The molecule has 4 heteroatoms. The van der Waals surface area contributed by atoms with Crippen LogP contribution in [0, 0.1) is 11.3 Å². The molecule has 1 aliphatic rings. The van der Waals surface area contributed by atoms with Gasteiger partial charge in [-0.3, -0.25) is 4.68 Å². The van der Waals surface area contributed by atoms with Crippen LogP contribution in [-0.2, 0) is 6.42 Å². The van der Waals surface area contributed by atoms with Crippen molar-refractivity contribution in [1.82, 2.24) is 9.78 Å². The van der Waals surface area contributed by atoms with Crippen molar-refractivity contribution in [2.24, 2.45) is 11.3 Å². The van der Waals surface area contributed by atoms with Gasteiger partial charge in [-0.1, -0.05) is 12.8 Å². The third-order valence-electron chi connectivity index (χ3n) is 4.58. The summed E-state index contributed by atoms with van der Waals surface area (Å²) in [6.07, 6.45) is 7.32. The van der Waals surface area contributed by atoms with Crippen LogP contribution in [0.25, 0.3) is 0 Å². The van der Waals surface area contributed by atoms with Gasteiger partial charge in [-0.15, -0.1) is 0 Å². The van der Waals surface area contributed by atoms with Gasteiger partial charge in [0.25, 0.3) is 0 Å². The minimum Gasteiger partial charge on any atom is -0.396 e. The van der Waals surface area contributed by atoms with Crippen LogP contribution < -0.4 is 0 Å². The Balaban J connectivity index is 2.14. The van der Waals surface area contributed by atoms with Gasteiger partial charge >= 0.3 is 0 Å². The molecular weight excluding hydrogens is 240 g/mol. The van der Waals surface area contributed by atoms with E-state index in [4.69, 9.17) is 0 Å². The fraction of sp³-hybridized carbons (Fsp3) is 0.800. The predicted molar refractivity (Wildman–Crippen MR) is 74.9 cm³/mol. The highest BCUT2D eigenvalue weighted by atomic mass is 16.3. The molecule has 0 unspecified atom stereocenters. The first-order valence-electron chi connectivity index (χ1n) is 7.37. The number of aliphatic hydroxyl groups is 2. The van der Waals surface area contributed by atoms with Gasteiger partial charge in [-0.05, 0) is 38.7 Å². The van der Waals surface area contributed by atoms with E-state index in [2.05, 4.69) is 18.9 Å². The molecule has 0 atom stereocenters. The molecule has 2 N–H and O–H groups in total. The van der Waals surface area contributed by atoms with E-state index in [-0.39, 0.29) is 13.2 Å². The van der Waals surface area contributed by atoms with Gasteiger partial charge in [0.15, 0.2) is 0 Å². The van der Waals surface area contributed by atoms with Crippen molar-refractivity contribution in [3.05, 3.63) is 18.0 Å². The second-order valence-electron chi connectivity index (χ2n) is 6.22. The van der Waals surface area contributed by atoms with E-state index in [1.165, 1.54) is 12.8 Å². The Kier molecular flexibility index (Phi) is 4.63. The van der Waals surface area contributed by atoms with Crippen molar-refractivity contribution < 1.29 is 10.2 Å². The first-order chi connectivity index (χ1) is 9.11.